The van der Waals surface area contributed by atoms with Crippen LogP contribution in [0.3, 0.4) is 0 Å². The molecule has 92 valence electrons. The van der Waals surface area contributed by atoms with Gasteiger partial charge in [-0.15, -0.1) is 0 Å². The molecule has 0 aromatic heterocycles. The molecular formula is C12H14BrNO3. The van der Waals surface area contributed by atoms with Crippen LogP contribution < -0.4 is 0 Å². The predicted molar refractivity (Wildman–Crippen MR) is 69.4 cm³/mol. The number of ether oxygens (including phenoxy) is 1. The van der Waals surface area contributed by atoms with Gasteiger partial charge in [0.25, 0.3) is 0 Å². The number of nitrogens with zero attached hydrogens (tertiary/aromatic N) is 1. The summed E-state index contributed by atoms with van der Waals surface area (Å²) < 4.78 is 4.71. The number of halogens is 1. The van der Waals surface area contributed by atoms with Crippen LogP contribution in [0.25, 0.3) is 0 Å². The van der Waals surface area contributed by atoms with Crippen molar-refractivity contribution in [3.05, 3.63) is 34.9 Å². The van der Waals surface area contributed by atoms with Crippen LogP contribution >= 0.6 is 15.9 Å². The summed E-state index contributed by atoms with van der Waals surface area (Å²) in [6.45, 7) is 1.91. The SMILES string of the molecule is CON=C(C(=O)OC)c1c(C)cccc1CBr. The highest BCUT2D eigenvalue weighted by atomic mass is 79.9. The lowest BCUT2D eigenvalue weighted by molar-refractivity contribution is -0.132. The van der Waals surface area contributed by atoms with Crippen LogP contribution in [0.2, 0.25) is 0 Å². The van der Waals surface area contributed by atoms with Crippen LogP contribution in [0, 0.1) is 6.92 Å². The van der Waals surface area contributed by atoms with Gasteiger partial charge >= 0.3 is 5.97 Å². The summed E-state index contributed by atoms with van der Waals surface area (Å²) in [7, 11) is 2.72. The third kappa shape index (κ3) is 3.06. The molecule has 1 aromatic carbocycles. The summed E-state index contributed by atoms with van der Waals surface area (Å²) in [5.41, 5.74) is 2.84. The lowest BCUT2D eigenvalue weighted by Crippen LogP contribution is -2.20. The smallest absolute Gasteiger partial charge is 0.360 e. The van der Waals surface area contributed by atoms with Crippen LogP contribution in [0.15, 0.2) is 23.4 Å². The van der Waals surface area contributed by atoms with Gasteiger partial charge in [0, 0.05) is 10.9 Å². The Hall–Kier alpha value is -1.36. The first kappa shape index (κ1) is 13.7. The molecule has 0 saturated heterocycles. The van der Waals surface area contributed by atoms with E-state index in [9.17, 15) is 4.79 Å². The Bertz CT molecular complexity index is 443. The number of hydrogen-bond donors (Lipinski definition) is 0. The molecule has 5 heteroatoms. The van der Waals surface area contributed by atoms with Gasteiger partial charge in [-0.2, -0.15) is 0 Å². The average Bonchev–Trinajstić information content (AvgIpc) is 2.35. The van der Waals surface area contributed by atoms with Gasteiger partial charge in [0.1, 0.15) is 7.11 Å². The summed E-state index contributed by atoms with van der Waals surface area (Å²) in [6.07, 6.45) is 0. The van der Waals surface area contributed by atoms with Crippen LogP contribution in [0.1, 0.15) is 16.7 Å². The summed E-state index contributed by atoms with van der Waals surface area (Å²) in [5, 5.41) is 4.38. The number of rotatable bonds is 4. The Morgan fingerprint density at radius 2 is 2.12 bits per heavy atom. The Labute approximate surface area is 109 Å². The number of hydrogen-bond acceptors (Lipinski definition) is 4. The largest absolute Gasteiger partial charge is 0.464 e. The second-order valence-electron chi connectivity index (χ2n) is 3.36. The van der Waals surface area contributed by atoms with Crippen LogP contribution in [-0.2, 0) is 19.7 Å². The normalized spacial score (nSPS) is 11.2. The van der Waals surface area contributed by atoms with Gasteiger partial charge in [-0.25, -0.2) is 4.79 Å². The van der Waals surface area contributed by atoms with E-state index >= 15 is 0 Å². The maximum absolute atomic E-state index is 11.7. The summed E-state index contributed by atoms with van der Waals surface area (Å²) in [4.78, 5) is 16.4. The topological polar surface area (TPSA) is 47.9 Å². The van der Waals surface area contributed by atoms with Crippen molar-refractivity contribution in [3.63, 3.8) is 0 Å². The van der Waals surface area contributed by atoms with E-state index in [1.165, 1.54) is 14.2 Å². The van der Waals surface area contributed by atoms with Crippen molar-refractivity contribution in [1.29, 1.82) is 0 Å². The van der Waals surface area contributed by atoms with Gasteiger partial charge in [0.2, 0.25) is 0 Å². The highest BCUT2D eigenvalue weighted by Crippen LogP contribution is 2.19. The van der Waals surface area contributed by atoms with E-state index in [0.29, 0.717) is 5.33 Å². The van der Waals surface area contributed by atoms with Crippen LogP contribution in [0.4, 0.5) is 0 Å². The molecule has 0 spiro atoms. The highest BCUT2D eigenvalue weighted by molar-refractivity contribution is 9.08. The second-order valence-corrected chi connectivity index (χ2v) is 3.92. The zero-order valence-electron chi connectivity index (χ0n) is 9.99. The molecule has 1 aromatic rings. The van der Waals surface area contributed by atoms with Gasteiger partial charge in [0.15, 0.2) is 5.71 Å². The van der Waals surface area contributed by atoms with Crippen molar-refractivity contribution in [2.24, 2.45) is 5.16 Å². The lowest BCUT2D eigenvalue weighted by atomic mass is 9.99. The minimum absolute atomic E-state index is 0.183. The minimum Gasteiger partial charge on any atom is -0.464 e. The fourth-order valence-electron chi connectivity index (χ4n) is 1.55. The molecule has 0 bridgehead atoms. The van der Waals surface area contributed by atoms with E-state index in [1.807, 2.05) is 25.1 Å². The van der Waals surface area contributed by atoms with Crippen molar-refractivity contribution in [2.75, 3.05) is 14.2 Å². The number of methoxy groups -OCH3 is 1. The summed E-state index contributed by atoms with van der Waals surface area (Å²) in [6, 6.07) is 5.76. The Morgan fingerprint density at radius 1 is 1.41 bits per heavy atom. The molecule has 1 rings (SSSR count). The molecule has 0 aliphatic heterocycles. The van der Waals surface area contributed by atoms with Gasteiger partial charge in [-0.05, 0) is 18.1 Å². The molecule has 0 aliphatic carbocycles. The second kappa shape index (κ2) is 6.39. The van der Waals surface area contributed by atoms with Gasteiger partial charge in [-0.3, -0.25) is 0 Å². The Balaban J connectivity index is 3.37. The number of alkyl halides is 1. The molecule has 17 heavy (non-hydrogen) atoms. The maximum Gasteiger partial charge on any atom is 0.360 e. The van der Waals surface area contributed by atoms with Crippen LogP contribution in [0.5, 0.6) is 0 Å². The highest BCUT2D eigenvalue weighted by Gasteiger charge is 2.20. The number of carbonyl (C=O) groups excluding carboxylic acids is 1. The predicted octanol–water partition coefficient (Wildman–Crippen LogP) is 2.41. The first-order valence-corrected chi connectivity index (χ1v) is 6.12. The van der Waals surface area contributed by atoms with E-state index in [2.05, 4.69) is 21.1 Å². The summed E-state index contributed by atoms with van der Waals surface area (Å²) >= 11 is 3.39. The molecule has 0 N–H and O–H groups in total. The fourth-order valence-corrected chi connectivity index (χ4v) is 2.02. The van der Waals surface area contributed by atoms with Gasteiger partial charge in [0.05, 0.1) is 7.11 Å². The molecule has 0 atom stereocenters. The third-order valence-electron chi connectivity index (χ3n) is 2.30. The quantitative estimate of drug-likeness (QED) is 0.371. The van der Waals surface area contributed by atoms with E-state index in [-0.39, 0.29) is 5.71 Å². The Morgan fingerprint density at radius 3 is 2.65 bits per heavy atom. The standard InChI is InChI=1S/C12H14BrNO3/c1-8-5-4-6-9(7-13)10(8)11(14-17-3)12(15)16-2/h4-6H,7H2,1-3H3. The molecule has 0 aliphatic rings. The third-order valence-corrected chi connectivity index (χ3v) is 2.91. The monoisotopic (exact) mass is 299 g/mol. The Kier molecular flexibility index (Phi) is 5.15. The van der Waals surface area contributed by atoms with Crippen molar-refractivity contribution in [2.45, 2.75) is 12.3 Å². The summed E-state index contributed by atoms with van der Waals surface area (Å²) in [5.74, 6) is -0.511. The lowest BCUT2D eigenvalue weighted by Gasteiger charge is -2.11. The zero-order valence-corrected chi connectivity index (χ0v) is 11.6. The van der Waals surface area contributed by atoms with E-state index in [0.717, 1.165) is 16.7 Å². The molecule has 0 saturated carbocycles. The van der Waals surface area contributed by atoms with Crippen molar-refractivity contribution in [1.82, 2.24) is 0 Å². The van der Waals surface area contributed by atoms with E-state index in [1.54, 1.807) is 0 Å². The number of carbonyl (C=O) groups is 1. The van der Waals surface area contributed by atoms with Crippen molar-refractivity contribution < 1.29 is 14.4 Å². The number of oxime groups is 1. The molecule has 0 unspecified atom stereocenters. The minimum atomic E-state index is -0.511. The van der Waals surface area contributed by atoms with Gasteiger partial charge in [-0.1, -0.05) is 39.3 Å². The van der Waals surface area contributed by atoms with Crippen molar-refractivity contribution >= 4 is 27.6 Å². The average molecular weight is 300 g/mol. The van der Waals surface area contributed by atoms with E-state index < -0.39 is 5.97 Å². The molecule has 0 amide bonds. The molecule has 0 fully saturated rings. The number of esters is 1. The molecule has 0 heterocycles. The maximum atomic E-state index is 11.7. The number of aryl methyl sites for hydroxylation is 1. The van der Waals surface area contributed by atoms with Crippen LogP contribution in [-0.4, -0.2) is 25.9 Å². The first-order valence-electron chi connectivity index (χ1n) is 5.00. The fraction of sp³-hybridized carbons (Fsp3) is 0.333. The number of benzene rings is 1. The molecule has 0 radical (unpaired) electrons. The van der Waals surface area contributed by atoms with E-state index in [4.69, 9.17) is 9.57 Å². The molecular weight excluding hydrogens is 286 g/mol. The first-order chi connectivity index (χ1) is 8.15. The van der Waals surface area contributed by atoms with Gasteiger partial charge < -0.3 is 9.57 Å². The van der Waals surface area contributed by atoms with Crippen molar-refractivity contribution in [3.8, 4) is 0 Å². The zero-order chi connectivity index (χ0) is 12.8. The molecule has 4 nitrogen and oxygen atoms in total.